The summed E-state index contributed by atoms with van der Waals surface area (Å²) in [5, 5.41) is 19.5. The second-order valence-corrected chi connectivity index (χ2v) is 12.2. The first-order valence-electron chi connectivity index (χ1n) is 16.1. The molecule has 1 fully saturated rings. The van der Waals surface area contributed by atoms with Crippen LogP contribution in [0.2, 0.25) is 5.02 Å². The molecule has 0 bridgehead atoms. The molecule has 0 radical (unpaired) electrons. The van der Waals surface area contributed by atoms with E-state index >= 15 is 0 Å². The molecule has 0 spiro atoms. The molecular formula is C33H38ClF7N4O6. The number of ether oxygens (including phenoxy) is 1. The van der Waals surface area contributed by atoms with Crippen molar-refractivity contribution in [1.82, 2.24) is 15.5 Å². The van der Waals surface area contributed by atoms with Crippen molar-refractivity contribution in [3.05, 3.63) is 52.3 Å². The smallest absolute Gasteiger partial charge is 0.458 e. The number of nitrogens with zero attached hydrogens (tertiary/aromatic N) is 1. The average molecular weight is 755 g/mol. The number of phenolic OH excluding ortho intramolecular Hbond substituents is 1. The summed E-state index contributed by atoms with van der Waals surface area (Å²) in [6, 6.07) is 8.65. The molecule has 18 heteroatoms. The molecule has 282 valence electrons. The van der Waals surface area contributed by atoms with Crippen molar-refractivity contribution < 1.29 is 59.8 Å². The summed E-state index contributed by atoms with van der Waals surface area (Å²) in [7, 11) is 0. The second-order valence-electron chi connectivity index (χ2n) is 11.8. The minimum Gasteiger partial charge on any atom is -0.506 e. The van der Waals surface area contributed by atoms with Gasteiger partial charge in [-0.2, -0.15) is 26.3 Å². The minimum atomic E-state index is -5.77. The number of aromatic hydroxyl groups is 1. The van der Waals surface area contributed by atoms with E-state index in [0.29, 0.717) is 69.0 Å². The summed E-state index contributed by atoms with van der Waals surface area (Å²) in [5.41, 5.74) is 1.80. The van der Waals surface area contributed by atoms with Gasteiger partial charge in [-0.15, -0.1) is 0 Å². The molecule has 51 heavy (non-hydrogen) atoms. The SMILES string of the molecule is O=C(C(=O)C(F)(F)F)C(F)(F)F.O=C1COc2c(CCNCCN(C(=O)CCNCCc3cccc(Cl)c3F)C3CCCCC3)ccc(O)c2N1. The molecule has 1 saturated carbocycles. The van der Waals surface area contributed by atoms with Crippen molar-refractivity contribution in [1.29, 1.82) is 0 Å². The Balaban J connectivity index is 0.000000501. The molecule has 0 saturated heterocycles. The number of ketones is 2. The van der Waals surface area contributed by atoms with Crippen LogP contribution in [0.5, 0.6) is 11.5 Å². The van der Waals surface area contributed by atoms with Gasteiger partial charge in [0.1, 0.15) is 17.3 Å². The molecule has 1 aliphatic carbocycles. The largest absolute Gasteiger partial charge is 0.506 e. The van der Waals surface area contributed by atoms with Gasteiger partial charge in [-0.3, -0.25) is 19.2 Å². The number of fused-ring (bicyclic) bond motifs is 1. The van der Waals surface area contributed by atoms with Crippen LogP contribution >= 0.6 is 11.6 Å². The van der Waals surface area contributed by atoms with Gasteiger partial charge >= 0.3 is 23.9 Å². The summed E-state index contributed by atoms with van der Waals surface area (Å²) in [6.07, 6.45) is -4.38. The zero-order chi connectivity index (χ0) is 37.8. The highest BCUT2D eigenvalue weighted by Gasteiger charge is 2.54. The van der Waals surface area contributed by atoms with E-state index in [9.17, 15) is 55.0 Å². The van der Waals surface area contributed by atoms with E-state index in [0.717, 1.165) is 31.2 Å². The number of benzene rings is 2. The first-order valence-corrected chi connectivity index (χ1v) is 16.5. The molecule has 2 aromatic carbocycles. The monoisotopic (exact) mass is 754 g/mol. The molecular weight excluding hydrogens is 717 g/mol. The molecule has 1 aliphatic heterocycles. The minimum absolute atomic E-state index is 0.0116. The summed E-state index contributed by atoms with van der Waals surface area (Å²) in [4.78, 5) is 46.1. The summed E-state index contributed by atoms with van der Waals surface area (Å²) >= 11 is 5.86. The third-order valence-corrected chi connectivity index (χ3v) is 8.40. The maximum atomic E-state index is 14.1. The molecule has 0 unspecified atom stereocenters. The lowest BCUT2D eigenvalue weighted by Crippen LogP contribution is -2.45. The Hall–Kier alpha value is -3.96. The predicted octanol–water partition coefficient (Wildman–Crippen LogP) is 5.28. The number of anilines is 1. The van der Waals surface area contributed by atoms with E-state index in [1.807, 2.05) is 4.90 Å². The van der Waals surface area contributed by atoms with Crippen molar-refractivity contribution in [3.8, 4) is 11.5 Å². The topological polar surface area (TPSA) is 137 Å². The van der Waals surface area contributed by atoms with Crippen LogP contribution in [0, 0.1) is 5.82 Å². The number of phenols is 1. The second kappa shape index (κ2) is 19.0. The Morgan fingerprint density at radius 3 is 2.12 bits per heavy atom. The van der Waals surface area contributed by atoms with Crippen LogP contribution in [0.3, 0.4) is 0 Å². The lowest BCUT2D eigenvalue weighted by Gasteiger charge is -2.34. The number of halogens is 8. The van der Waals surface area contributed by atoms with E-state index in [1.54, 1.807) is 24.3 Å². The van der Waals surface area contributed by atoms with Crippen LogP contribution < -0.4 is 20.7 Å². The molecule has 4 N–H and O–H groups in total. The lowest BCUT2D eigenvalue weighted by molar-refractivity contribution is -0.193. The average Bonchev–Trinajstić information content (AvgIpc) is 3.08. The zero-order valence-corrected chi connectivity index (χ0v) is 28.1. The Bertz CT molecular complexity index is 1510. The van der Waals surface area contributed by atoms with Gasteiger partial charge in [0, 0.05) is 32.1 Å². The number of alkyl halides is 6. The van der Waals surface area contributed by atoms with Crippen LogP contribution in [0.15, 0.2) is 30.3 Å². The molecule has 2 aromatic rings. The highest BCUT2D eigenvalue weighted by atomic mass is 35.5. The number of hydrogen-bond acceptors (Lipinski definition) is 8. The van der Waals surface area contributed by atoms with Crippen LogP contribution in [-0.2, 0) is 32.0 Å². The van der Waals surface area contributed by atoms with Crippen molar-refractivity contribution in [2.75, 3.05) is 44.6 Å². The fourth-order valence-corrected chi connectivity index (χ4v) is 5.74. The van der Waals surface area contributed by atoms with Gasteiger partial charge in [-0.1, -0.05) is 49.1 Å². The van der Waals surface area contributed by atoms with Crippen molar-refractivity contribution >= 4 is 40.7 Å². The fraction of sp³-hybridized carbons (Fsp3) is 0.515. The quantitative estimate of drug-likeness (QED) is 0.0886. The van der Waals surface area contributed by atoms with E-state index < -0.39 is 23.9 Å². The maximum Gasteiger partial charge on any atom is 0.458 e. The number of nitrogens with one attached hydrogen (secondary N) is 3. The molecule has 1 heterocycles. The third kappa shape index (κ3) is 12.6. The molecule has 2 amide bonds. The summed E-state index contributed by atoms with van der Waals surface area (Å²) < 4.78 is 86.6. The first-order chi connectivity index (χ1) is 24.0. The van der Waals surface area contributed by atoms with Crippen LogP contribution in [-0.4, -0.2) is 91.1 Å². The van der Waals surface area contributed by atoms with E-state index in [-0.39, 0.29) is 41.1 Å². The van der Waals surface area contributed by atoms with Crippen LogP contribution in [0.1, 0.15) is 49.7 Å². The number of carbonyl (C=O) groups excluding carboxylic acids is 4. The predicted molar refractivity (Wildman–Crippen MR) is 172 cm³/mol. The Labute approximate surface area is 294 Å². The summed E-state index contributed by atoms with van der Waals surface area (Å²) in [5.74, 6) is -6.83. The number of rotatable bonds is 14. The van der Waals surface area contributed by atoms with Gasteiger partial charge in [0.15, 0.2) is 12.4 Å². The normalized spacial score (nSPS) is 14.8. The van der Waals surface area contributed by atoms with Crippen LogP contribution in [0.25, 0.3) is 0 Å². The number of Topliss-reactive ketones (excluding diaryl/α,β-unsaturated/α-hetero) is 2. The van der Waals surface area contributed by atoms with Gasteiger partial charge in [-0.25, -0.2) is 4.39 Å². The lowest BCUT2D eigenvalue weighted by atomic mass is 9.94. The highest BCUT2D eigenvalue weighted by molar-refractivity contribution is 6.41. The molecule has 2 aliphatic rings. The molecule has 0 atom stereocenters. The highest BCUT2D eigenvalue weighted by Crippen LogP contribution is 2.39. The van der Waals surface area contributed by atoms with Crippen molar-refractivity contribution in [2.45, 2.75) is 69.8 Å². The van der Waals surface area contributed by atoms with Crippen LogP contribution in [0.4, 0.5) is 36.4 Å². The van der Waals surface area contributed by atoms with Crippen molar-refractivity contribution in [2.24, 2.45) is 0 Å². The van der Waals surface area contributed by atoms with E-state index in [4.69, 9.17) is 16.3 Å². The number of carbonyl (C=O) groups is 4. The third-order valence-electron chi connectivity index (χ3n) is 8.11. The first kappa shape index (κ1) is 41.5. The number of hydrogen-bond donors (Lipinski definition) is 4. The van der Waals surface area contributed by atoms with Gasteiger partial charge in [0.2, 0.25) is 5.91 Å². The Morgan fingerprint density at radius 2 is 1.49 bits per heavy atom. The van der Waals surface area contributed by atoms with Gasteiger partial charge < -0.3 is 30.7 Å². The Kier molecular flexibility index (Phi) is 15.5. The zero-order valence-electron chi connectivity index (χ0n) is 27.3. The Morgan fingerprint density at radius 1 is 0.882 bits per heavy atom. The van der Waals surface area contributed by atoms with Gasteiger partial charge in [0.05, 0.1) is 5.02 Å². The van der Waals surface area contributed by atoms with Gasteiger partial charge in [0.25, 0.3) is 5.91 Å². The number of amides is 2. The van der Waals surface area contributed by atoms with Crippen molar-refractivity contribution in [3.63, 3.8) is 0 Å². The van der Waals surface area contributed by atoms with E-state index in [2.05, 4.69) is 16.0 Å². The fourth-order valence-electron chi connectivity index (χ4n) is 5.55. The molecule has 4 rings (SSSR count). The summed E-state index contributed by atoms with van der Waals surface area (Å²) in [6.45, 7) is 3.02. The standard InChI is InChI=1S/C29H38ClFN4O4.C4F6O2/c30-23-8-4-5-20(27(23)31)11-14-32-16-13-26(38)35(22-6-2-1-3-7-22)18-17-33-15-12-21-9-10-24(36)28-29(21)39-19-25(37)34-28;5-3(6,7)1(11)2(12)4(8,9)10/h4-5,8-10,22,32-33,36H,1-3,6-7,11-19H2,(H,34,37);. The van der Waals surface area contributed by atoms with Gasteiger partial charge in [-0.05, 0) is 62.0 Å². The van der Waals surface area contributed by atoms with E-state index in [1.165, 1.54) is 12.5 Å². The maximum absolute atomic E-state index is 14.1. The molecule has 0 aromatic heterocycles. The molecule has 10 nitrogen and oxygen atoms in total.